The molecule has 5 atom stereocenters. The van der Waals surface area contributed by atoms with Crippen LogP contribution in [-0.2, 0) is 0 Å². The molecule has 1 N–H and O–H groups in total. The van der Waals surface area contributed by atoms with Gasteiger partial charge in [-0.05, 0) is 60.3 Å². The topological polar surface area (TPSA) is 12.0 Å². The Morgan fingerprint density at radius 3 is 2.57 bits per heavy atom. The molecule has 0 spiro atoms. The van der Waals surface area contributed by atoms with Crippen LogP contribution in [0, 0.1) is 23.2 Å². The quantitative estimate of drug-likeness (QED) is 0.833. The predicted octanol–water partition coefficient (Wildman–Crippen LogP) is 4.59. The maximum Gasteiger partial charge on any atom is 0.00158 e. The van der Waals surface area contributed by atoms with Crippen molar-refractivity contribution in [3.05, 3.63) is 35.9 Å². The van der Waals surface area contributed by atoms with Crippen molar-refractivity contribution in [1.29, 1.82) is 0 Å². The first-order valence-electron chi connectivity index (χ1n) is 8.97. The van der Waals surface area contributed by atoms with Crippen LogP contribution in [0.2, 0.25) is 0 Å². The zero-order valence-corrected chi connectivity index (χ0v) is 13.5. The van der Waals surface area contributed by atoms with Crippen LogP contribution >= 0.6 is 0 Å². The summed E-state index contributed by atoms with van der Waals surface area (Å²) in [5, 5.41) is 3.81. The fourth-order valence-electron chi connectivity index (χ4n) is 5.58. The Morgan fingerprint density at radius 1 is 1.14 bits per heavy atom. The lowest BCUT2D eigenvalue weighted by molar-refractivity contribution is 0.119. The lowest BCUT2D eigenvalue weighted by Gasteiger charge is -2.40. The molecule has 1 nitrogen and oxygen atoms in total. The smallest absolute Gasteiger partial charge is 0.00158 e. The third kappa shape index (κ3) is 2.34. The molecule has 0 radical (unpaired) electrons. The van der Waals surface area contributed by atoms with Crippen LogP contribution in [0.3, 0.4) is 0 Å². The van der Waals surface area contributed by atoms with Crippen molar-refractivity contribution in [2.45, 2.75) is 57.9 Å². The highest BCUT2D eigenvalue weighted by Gasteiger charge is 2.61. The van der Waals surface area contributed by atoms with Gasteiger partial charge in [-0.2, -0.15) is 0 Å². The summed E-state index contributed by atoms with van der Waals surface area (Å²) in [6, 6.07) is 11.9. The van der Waals surface area contributed by atoms with Crippen molar-refractivity contribution in [2.75, 3.05) is 6.54 Å². The van der Waals surface area contributed by atoms with E-state index in [1.54, 1.807) is 5.56 Å². The zero-order valence-electron chi connectivity index (χ0n) is 13.5. The van der Waals surface area contributed by atoms with Gasteiger partial charge < -0.3 is 5.32 Å². The highest BCUT2D eigenvalue weighted by Crippen LogP contribution is 2.68. The van der Waals surface area contributed by atoms with Gasteiger partial charge in [-0.25, -0.2) is 0 Å². The summed E-state index contributed by atoms with van der Waals surface area (Å²) >= 11 is 0. The predicted molar refractivity (Wildman–Crippen MR) is 88.3 cm³/mol. The molecule has 0 heterocycles. The van der Waals surface area contributed by atoms with E-state index in [9.17, 15) is 0 Å². The van der Waals surface area contributed by atoms with Crippen molar-refractivity contribution in [3.63, 3.8) is 0 Å². The summed E-state index contributed by atoms with van der Waals surface area (Å²) in [6.07, 6.45) is 7.48. The summed E-state index contributed by atoms with van der Waals surface area (Å²) in [5.41, 5.74) is 2.21. The lowest BCUT2D eigenvalue weighted by atomic mass is 9.68. The molecule has 0 saturated heterocycles. The van der Waals surface area contributed by atoms with Crippen molar-refractivity contribution >= 4 is 0 Å². The molecular formula is C20H29N. The van der Waals surface area contributed by atoms with Gasteiger partial charge >= 0.3 is 0 Å². The second-order valence-corrected chi connectivity index (χ2v) is 8.21. The van der Waals surface area contributed by atoms with Crippen LogP contribution in [0.1, 0.15) is 57.4 Å². The molecule has 3 aliphatic carbocycles. The molecule has 2 bridgehead atoms. The average Bonchev–Trinajstić information content (AvgIpc) is 3.06. The number of rotatable bonds is 5. The molecule has 0 amide bonds. The highest BCUT2D eigenvalue weighted by atomic mass is 14.9. The molecule has 21 heavy (non-hydrogen) atoms. The van der Waals surface area contributed by atoms with Gasteiger partial charge in [0.05, 0.1) is 0 Å². The first-order chi connectivity index (χ1) is 10.2. The zero-order chi connectivity index (χ0) is 14.4. The SMILES string of the molecule is CC(C)NCC1(C2CC2c2ccccc2)CC2CCC1C2. The van der Waals surface area contributed by atoms with Gasteiger partial charge in [0.15, 0.2) is 0 Å². The van der Waals surface area contributed by atoms with Crippen LogP contribution < -0.4 is 5.32 Å². The Morgan fingerprint density at radius 2 is 1.95 bits per heavy atom. The molecule has 5 unspecified atom stereocenters. The summed E-state index contributed by atoms with van der Waals surface area (Å²) < 4.78 is 0. The second-order valence-electron chi connectivity index (χ2n) is 8.21. The van der Waals surface area contributed by atoms with Crippen molar-refractivity contribution in [2.24, 2.45) is 23.2 Å². The minimum atomic E-state index is 0.619. The Hall–Kier alpha value is -0.820. The Labute approximate surface area is 129 Å². The van der Waals surface area contributed by atoms with E-state index in [2.05, 4.69) is 49.5 Å². The molecule has 1 aromatic rings. The van der Waals surface area contributed by atoms with Crippen molar-refractivity contribution in [1.82, 2.24) is 5.32 Å². The Bertz CT molecular complexity index is 494. The molecule has 4 rings (SSSR count). The van der Waals surface area contributed by atoms with Crippen molar-refractivity contribution < 1.29 is 0 Å². The van der Waals surface area contributed by atoms with E-state index in [4.69, 9.17) is 0 Å². The molecule has 1 aromatic carbocycles. The lowest BCUT2D eigenvalue weighted by Crippen LogP contribution is -2.43. The number of benzene rings is 1. The van der Waals surface area contributed by atoms with Gasteiger partial charge in [-0.1, -0.05) is 50.6 Å². The van der Waals surface area contributed by atoms with E-state index in [0.29, 0.717) is 11.5 Å². The minimum absolute atomic E-state index is 0.619. The molecule has 1 heteroatoms. The van der Waals surface area contributed by atoms with E-state index in [1.165, 1.54) is 38.6 Å². The van der Waals surface area contributed by atoms with Crippen LogP contribution in [-0.4, -0.2) is 12.6 Å². The summed E-state index contributed by atoms with van der Waals surface area (Å²) in [5.74, 6) is 3.84. The first kappa shape index (κ1) is 13.8. The average molecular weight is 283 g/mol. The Balaban J connectivity index is 1.54. The number of hydrogen-bond donors (Lipinski definition) is 1. The third-order valence-electron chi connectivity index (χ3n) is 6.62. The van der Waals surface area contributed by atoms with E-state index >= 15 is 0 Å². The van der Waals surface area contributed by atoms with E-state index in [0.717, 1.165) is 23.7 Å². The summed E-state index contributed by atoms with van der Waals surface area (Å²) in [6.45, 7) is 5.85. The standard InChI is InChI=1S/C20H29N/c1-14(2)21-13-20(12-15-8-9-17(20)10-15)19-11-18(19)16-6-4-3-5-7-16/h3-7,14-15,17-19,21H,8-13H2,1-2H3. The van der Waals surface area contributed by atoms with Gasteiger partial charge in [-0.3, -0.25) is 0 Å². The number of fused-ring (bicyclic) bond motifs is 2. The minimum Gasteiger partial charge on any atom is -0.314 e. The van der Waals surface area contributed by atoms with Gasteiger partial charge in [0.25, 0.3) is 0 Å². The molecule has 3 aliphatic rings. The van der Waals surface area contributed by atoms with Gasteiger partial charge in [0, 0.05) is 12.6 Å². The molecular weight excluding hydrogens is 254 g/mol. The molecule has 3 fully saturated rings. The normalized spacial score (nSPS) is 40.9. The first-order valence-corrected chi connectivity index (χ1v) is 8.97. The third-order valence-corrected chi connectivity index (χ3v) is 6.62. The second kappa shape index (κ2) is 5.12. The Kier molecular flexibility index (Phi) is 3.37. The van der Waals surface area contributed by atoms with Crippen LogP contribution in [0.25, 0.3) is 0 Å². The van der Waals surface area contributed by atoms with Gasteiger partial charge in [0.1, 0.15) is 0 Å². The van der Waals surface area contributed by atoms with Gasteiger partial charge in [0.2, 0.25) is 0 Å². The number of hydrogen-bond acceptors (Lipinski definition) is 1. The maximum absolute atomic E-state index is 3.81. The fraction of sp³-hybridized carbons (Fsp3) is 0.700. The summed E-state index contributed by atoms with van der Waals surface area (Å²) in [4.78, 5) is 0. The van der Waals surface area contributed by atoms with Crippen LogP contribution in [0.4, 0.5) is 0 Å². The molecule has 0 aromatic heterocycles. The maximum atomic E-state index is 3.81. The van der Waals surface area contributed by atoms with Crippen LogP contribution in [0.15, 0.2) is 30.3 Å². The number of nitrogens with one attached hydrogen (secondary N) is 1. The van der Waals surface area contributed by atoms with E-state index in [-0.39, 0.29) is 0 Å². The monoisotopic (exact) mass is 283 g/mol. The highest BCUT2D eigenvalue weighted by molar-refractivity contribution is 5.28. The summed E-state index contributed by atoms with van der Waals surface area (Å²) in [7, 11) is 0. The van der Waals surface area contributed by atoms with E-state index in [1.807, 2.05) is 0 Å². The van der Waals surface area contributed by atoms with E-state index < -0.39 is 0 Å². The molecule has 3 saturated carbocycles. The largest absolute Gasteiger partial charge is 0.314 e. The fourth-order valence-corrected chi connectivity index (χ4v) is 5.58. The molecule has 0 aliphatic heterocycles. The van der Waals surface area contributed by atoms with Crippen molar-refractivity contribution in [3.8, 4) is 0 Å². The van der Waals surface area contributed by atoms with Gasteiger partial charge in [-0.15, -0.1) is 0 Å². The molecule has 114 valence electrons. The van der Waals surface area contributed by atoms with Crippen LogP contribution in [0.5, 0.6) is 0 Å².